The molecule has 0 saturated heterocycles. The van der Waals surface area contributed by atoms with Crippen LogP contribution in [0.4, 0.5) is 10.1 Å². The molecular formula is C17H13BrFNO3. The lowest BCUT2D eigenvalue weighted by atomic mass is 10.2. The molecule has 0 N–H and O–H groups in total. The van der Waals surface area contributed by atoms with Crippen molar-refractivity contribution in [1.29, 1.82) is 0 Å². The van der Waals surface area contributed by atoms with Gasteiger partial charge >= 0.3 is 5.97 Å². The Balaban J connectivity index is 1.66. The van der Waals surface area contributed by atoms with Gasteiger partial charge in [-0.2, -0.15) is 0 Å². The first kappa shape index (κ1) is 15.7. The van der Waals surface area contributed by atoms with Crippen LogP contribution < -0.4 is 4.90 Å². The lowest BCUT2D eigenvalue weighted by Gasteiger charge is -2.17. The van der Waals surface area contributed by atoms with E-state index in [-0.39, 0.29) is 11.5 Å². The number of halogens is 2. The largest absolute Gasteiger partial charge is 0.452 e. The van der Waals surface area contributed by atoms with Gasteiger partial charge in [-0.1, -0.05) is 34.1 Å². The summed E-state index contributed by atoms with van der Waals surface area (Å²) in [5.41, 5.74) is 1.72. The van der Waals surface area contributed by atoms with Crippen molar-refractivity contribution >= 4 is 33.5 Å². The monoisotopic (exact) mass is 377 g/mol. The van der Waals surface area contributed by atoms with E-state index in [1.54, 1.807) is 4.90 Å². The standard InChI is InChI=1S/C17H13BrFNO3/c18-12-5-6-14(19)13(9-12)17(22)23-10-16(21)20-8-7-11-3-1-2-4-15(11)20/h1-6,9H,7-8,10H2. The molecule has 1 aliphatic heterocycles. The summed E-state index contributed by atoms with van der Waals surface area (Å²) in [6.07, 6.45) is 0.774. The summed E-state index contributed by atoms with van der Waals surface area (Å²) in [7, 11) is 0. The maximum atomic E-state index is 13.6. The normalized spacial score (nSPS) is 12.9. The van der Waals surface area contributed by atoms with E-state index in [2.05, 4.69) is 15.9 Å². The van der Waals surface area contributed by atoms with Crippen LogP contribution in [0.2, 0.25) is 0 Å². The van der Waals surface area contributed by atoms with Crippen LogP contribution >= 0.6 is 15.9 Å². The van der Waals surface area contributed by atoms with Gasteiger partial charge in [-0.15, -0.1) is 0 Å². The number of rotatable bonds is 3. The van der Waals surface area contributed by atoms with Crippen LogP contribution in [0.1, 0.15) is 15.9 Å². The highest BCUT2D eigenvalue weighted by Gasteiger charge is 2.25. The summed E-state index contributed by atoms with van der Waals surface area (Å²) in [6.45, 7) is 0.139. The summed E-state index contributed by atoms with van der Waals surface area (Å²) in [5.74, 6) is -1.86. The molecule has 0 unspecified atom stereocenters. The van der Waals surface area contributed by atoms with Gasteiger partial charge in [0.2, 0.25) is 0 Å². The molecule has 0 bridgehead atoms. The van der Waals surface area contributed by atoms with E-state index in [9.17, 15) is 14.0 Å². The molecule has 6 heteroatoms. The van der Waals surface area contributed by atoms with Crippen LogP contribution in [0.15, 0.2) is 46.9 Å². The second kappa shape index (κ2) is 6.50. The number of fused-ring (bicyclic) bond motifs is 1. The minimum absolute atomic E-state index is 0.200. The lowest BCUT2D eigenvalue weighted by Crippen LogP contribution is -2.33. The summed E-state index contributed by atoms with van der Waals surface area (Å²) in [4.78, 5) is 25.8. The molecule has 3 rings (SSSR count). The molecule has 23 heavy (non-hydrogen) atoms. The molecule has 0 aliphatic carbocycles. The van der Waals surface area contributed by atoms with Gasteiger partial charge in [0.05, 0.1) is 5.56 Å². The van der Waals surface area contributed by atoms with Crippen molar-refractivity contribution in [2.24, 2.45) is 0 Å². The highest BCUT2D eigenvalue weighted by Crippen LogP contribution is 2.27. The summed E-state index contributed by atoms with van der Waals surface area (Å²) >= 11 is 3.17. The fourth-order valence-corrected chi connectivity index (χ4v) is 2.90. The Labute approximate surface area is 141 Å². The molecule has 0 atom stereocenters. The molecule has 1 aliphatic rings. The zero-order valence-corrected chi connectivity index (χ0v) is 13.7. The van der Waals surface area contributed by atoms with Crippen molar-refractivity contribution in [2.45, 2.75) is 6.42 Å². The number of carbonyl (C=O) groups is 2. The smallest absolute Gasteiger partial charge is 0.341 e. The SMILES string of the molecule is O=C(OCC(=O)N1CCc2ccccc21)c1cc(Br)ccc1F. The average molecular weight is 378 g/mol. The van der Waals surface area contributed by atoms with Gasteiger partial charge in [-0.25, -0.2) is 9.18 Å². The van der Waals surface area contributed by atoms with Crippen LogP contribution in [0.25, 0.3) is 0 Å². The third kappa shape index (κ3) is 3.27. The Morgan fingerprint density at radius 1 is 1.22 bits per heavy atom. The van der Waals surface area contributed by atoms with E-state index in [4.69, 9.17) is 4.74 Å². The predicted molar refractivity (Wildman–Crippen MR) is 86.9 cm³/mol. The molecule has 0 spiro atoms. The Bertz CT molecular complexity index is 778. The lowest BCUT2D eigenvalue weighted by molar-refractivity contribution is -0.121. The molecule has 1 heterocycles. The molecule has 2 aromatic carbocycles. The molecule has 118 valence electrons. The molecule has 2 aromatic rings. The number of para-hydroxylation sites is 1. The van der Waals surface area contributed by atoms with Crippen LogP contribution in [0.5, 0.6) is 0 Å². The van der Waals surface area contributed by atoms with Gasteiger partial charge in [0.25, 0.3) is 5.91 Å². The van der Waals surface area contributed by atoms with Gasteiger partial charge in [0.15, 0.2) is 6.61 Å². The minimum Gasteiger partial charge on any atom is -0.452 e. The Kier molecular flexibility index (Phi) is 4.43. The number of benzene rings is 2. The second-order valence-corrected chi connectivity index (χ2v) is 6.04. The number of hydrogen-bond acceptors (Lipinski definition) is 3. The number of carbonyl (C=O) groups excluding carboxylic acids is 2. The van der Waals surface area contributed by atoms with Gasteiger partial charge in [-0.3, -0.25) is 4.79 Å². The van der Waals surface area contributed by atoms with Crippen LogP contribution in [-0.2, 0) is 16.0 Å². The number of nitrogens with zero attached hydrogens (tertiary/aromatic N) is 1. The van der Waals surface area contributed by atoms with Gasteiger partial charge in [0, 0.05) is 16.7 Å². The fourth-order valence-electron chi connectivity index (χ4n) is 2.53. The predicted octanol–water partition coefficient (Wildman–Crippen LogP) is 3.33. The highest BCUT2D eigenvalue weighted by molar-refractivity contribution is 9.10. The molecule has 0 radical (unpaired) electrons. The quantitative estimate of drug-likeness (QED) is 0.770. The first-order valence-electron chi connectivity index (χ1n) is 7.06. The molecule has 1 amide bonds. The zero-order chi connectivity index (χ0) is 16.4. The van der Waals surface area contributed by atoms with Crippen molar-refractivity contribution in [3.05, 3.63) is 63.9 Å². The third-order valence-corrected chi connectivity index (χ3v) is 4.16. The fraction of sp³-hybridized carbons (Fsp3) is 0.176. The van der Waals surface area contributed by atoms with Crippen molar-refractivity contribution in [2.75, 3.05) is 18.1 Å². The first-order chi connectivity index (χ1) is 11.1. The van der Waals surface area contributed by atoms with Crippen molar-refractivity contribution in [3.63, 3.8) is 0 Å². The topological polar surface area (TPSA) is 46.6 Å². The molecular weight excluding hydrogens is 365 g/mol. The van der Waals surface area contributed by atoms with Gasteiger partial charge < -0.3 is 9.64 Å². The van der Waals surface area contributed by atoms with Crippen LogP contribution in [0.3, 0.4) is 0 Å². The number of amides is 1. The Hall–Kier alpha value is -2.21. The highest BCUT2D eigenvalue weighted by atomic mass is 79.9. The number of ether oxygens (including phenoxy) is 1. The van der Waals surface area contributed by atoms with E-state index in [0.717, 1.165) is 17.7 Å². The Morgan fingerprint density at radius 3 is 2.83 bits per heavy atom. The van der Waals surface area contributed by atoms with Crippen LogP contribution in [-0.4, -0.2) is 25.0 Å². The zero-order valence-electron chi connectivity index (χ0n) is 12.1. The third-order valence-electron chi connectivity index (χ3n) is 3.66. The molecule has 4 nitrogen and oxygen atoms in total. The van der Waals surface area contributed by atoms with E-state index in [1.165, 1.54) is 18.2 Å². The van der Waals surface area contributed by atoms with Crippen molar-refractivity contribution in [3.8, 4) is 0 Å². The summed E-state index contributed by atoms with van der Waals surface area (Å²) in [6, 6.07) is 11.6. The van der Waals surface area contributed by atoms with E-state index < -0.39 is 18.4 Å². The van der Waals surface area contributed by atoms with E-state index >= 15 is 0 Å². The number of hydrogen-bond donors (Lipinski definition) is 0. The number of anilines is 1. The molecule has 0 aromatic heterocycles. The van der Waals surface area contributed by atoms with Crippen molar-refractivity contribution < 1.29 is 18.7 Å². The van der Waals surface area contributed by atoms with Gasteiger partial charge in [0.1, 0.15) is 5.82 Å². The second-order valence-electron chi connectivity index (χ2n) is 5.12. The maximum Gasteiger partial charge on any atom is 0.341 e. The molecule has 0 saturated carbocycles. The van der Waals surface area contributed by atoms with Crippen LogP contribution in [0, 0.1) is 5.82 Å². The number of esters is 1. The first-order valence-corrected chi connectivity index (χ1v) is 7.86. The Morgan fingerprint density at radius 2 is 2.00 bits per heavy atom. The van der Waals surface area contributed by atoms with E-state index in [0.29, 0.717) is 11.0 Å². The van der Waals surface area contributed by atoms with E-state index in [1.807, 2.05) is 24.3 Å². The minimum atomic E-state index is -0.857. The molecule has 0 fully saturated rings. The van der Waals surface area contributed by atoms with Crippen molar-refractivity contribution in [1.82, 2.24) is 0 Å². The summed E-state index contributed by atoms with van der Waals surface area (Å²) in [5, 5.41) is 0. The average Bonchev–Trinajstić information content (AvgIpc) is 2.98. The van der Waals surface area contributed by atoms with Gasteiger partial charge in [-0.05, 0) is 36.2 Å². The maximum absolute atomic E-state index is 13.6. The summed E-state index contributed by atoms with van der Waals surface area (Å²) < 4.78 is 19.1.